The first kappa shape index (κ1) is 22.9. The fraction of sp³-hybridized carbons (Fsp3) is 0.269. The molecule has 1 amide bonds. The van der Waals surface area contributed by atoms with Gasteiger partial charge in [-0.15, -0.1) is 5.10 Å². The monoisotopic (exact) mass is 500 g/mol. The molecule has 0 bridgehead atoms. The predicted octanol–water partition coefficient (Wildman–Crippen LogP) is 2.91. The zero-order valence-electron chi connectivity index (χ0n) is 20.0. The number of H-pyrrole nitrogens is 1. The van der Waals surface area contributed by atoms with E-state index in [-0.39, 0.29) is 12.5 Å². The number of piperazine rings is 1. The molecule has 0 radical (unpaired) electrons. The Morgan fingerprint density at radius 2 is 1.97 bits per heavy atom. The summed E-state index contributed by atoms with van der Waals surface area (Å²) < 4.78 is 20.0. The molecule has 0 aliphatic carbocycles. The number of rotatable bonds is 7. The van der Waals surface area contributed by atoms with Crippen molar-refractivity contribution in [3.05, 3.63) is 66.9 Å². The van der Waals surface area contributed by atoms with Gasteiger partial charge in [0, 0.05) is 55.4 Å². The van der Waals surface area contributed by atoms with Crippen molar-refractivity contribution in [1.82, 2.24) is 34.7 Å². The van der Waals surface area contributed by atoms with Gasteiger partial charge < -0.3 is 14.5 Å². The van der Waals surface area contributed by atoms with Crippen LogP contribution < -0.4 is 9.64 Å². The number of carbonyl (C=O) groups excluding carboxylic acids is 1. The van der Waals surface area contributed by atoms with Crippen LogP contribution in [0.25, 0.3) is 27.7 Å². The van der Waals surface area contributed by atoms with Gasteiger partial charge in [-0.2, -0.15) is 5.10 Å². The highest BCUT2D eigenvalue weighted by Crippen LogP contribution is 2.33. The predicted molar refractivity (Wildman–Crippen MR) is 136 cm³/mol. The number of hydrogen-bond acceptors (Lipinski definition) is 7. The Kier molecular flexibility index (Phi) is 6.09. The number of anilines is 1. The number of nitrogens with zero attached hydrogens (tertiary/aromatic N) is 7. The highest BCUT2D eigenvalue weighted by Gasteiger charge is 2.22. The van der Waals surface area contributed by atoms with E-state index >= 15 is 0 Å². The van der Waals surface area contributed by atoms with Crippen LogP contribution in [0.2, 0.25) is 0 Å². The molecule has 0 spiro atoms. The Morgan fingerprint density at radius 3 is 2.73 bits per heavy atom. The second-order valence-electron chi connectivity index (χ2n) is 8.82. The fourth-order valence-corrected chi connectivity index (χ4v) is 4.68. The van der Waals surface area contributed by atoms with E-state index in [1.165, 1.54) is 0 Å². The van der Waals surface area contributed by atoms with Crippen LogP contribution in [-0.4, -0.2) is 80.0 Å². The maximum atomic E-state index is 12.7. The van der Waals surface area contributed by atoms with Crippen LogP contribution in [0.1, 0.15) is 5.69 Å². The molecule has 1 saturated heterocycles. The highest BCUT2D eigenvalue weighted by atomic mass is 19.1. The summed E-state index contributed by atoms with van der Waals surface area (Å²) in [6, 6.07) is 11.5. The normalized spacial score (nSPS) is 14.0. The molecule has 188 valence electrons. The average Bonchev–Trinajstić information content (AvgIpc) is 3.53. The maximum Gasteiger partial charge on any atom is 0.228 e. The summed E-state index contributed by atoms with van der Waals surface area (Å²) in [5.74, 6) is 1.46. The van der Waals surface area contributed by atoms with Gasteiger partial charge in [0.1, 0.15) is 24.8 Å². The number of carbonyl (C=O) groups is 1. The second-order valence-corrected chi connectivity index (χ2v) is 8.82. The lowest BCUT2D eigenvalue weighted by Crippen LogP contribution is -2.49. The summed E-state index contributed by atoms with van der Waals surface area (Å²) in [5.41, 5.74) is 4.05. The smallest absolute Gasteiger partial charge is 0.228 e. The molecule has 6 rings (SSSR count). The highest BCUT2D eigenvalue weighted by molar-refractivity contribution is 6.00. The number of aromatic amines is 1. The molecule has 1 N–H and O–H groups in total. The van der Waals surface area contributed by atoms with Gasteiger partial charge in [0.05, 0.1) is 29.7 Å². The molecule has 37 heavy (non-hydrogen) atoms. The summed E-state index contributed by atoms with van der Waals surface area (Å²) in [6.45, 7) is 2.08. The zero-order valence-corrected chi connectivity index (χ0v) is 20.0. The Morgan fingerprint density at radius 1 is 1.08 bits per heavy atom. The lowest BCUT2D eigenvalue weighted by atomic mass is 10.1. The molecule has 5 aromatic heterocycles. The third-order valence-corrected chi connectivity index (χ3v) is 6.52. The van der Waals surface area contributed by atoms with E-state index in [1.807, 2.05) is 47.5 Å². The first-order valence-electron chi connectivity index (χ1n) is 12.1. The van der Waals surface area contributed by atoms with Crippen molar-refractivity contribution in [1.29, 1.82) is 0 Å². The number of halogens is 1. The van der Waals surface area contributed by atoms with Gasteiger partial charge in [-0.3, -0.25) is 14.9 Å². The molecule has 6 heterocycles. The second kappa shape index (κ2) is 9.84. The molecule has 1 aliphatic rings. The first-order chi connectivity index (χ1) is 18.2. The molecule has 10 nitrogen and oxygen atoms in total. The van der Waals surface area contributed by atoms with Crippen LogP contribution in [0.3, 0.4) is 0 Å². The number of alkyl halides is 1. The molecular formula is C26H25FN8O2. The van der Waals surface area contributed by atoms with Crippen LogP contribution in [-0.2, 0) is 11.2 Å². The van der Waals surface area contributed by atoms with Crippen LogP contribution in [0.15, 0.2) is 61.2 Å². The number of hydrogen-bond donors (Lipinski definition) is 1. The zero-order chi connectivity index (χ0) is 25.2. The lowest BCUT2D eigenvalue weighted by Gasteiger charge is -2.35. The van der Waals surface area contributed by atoms with E-state index < -0.39 is 6.67 Å². The fourth-order valence-electron chi connectivity index (χ4n) is 4.68. The van der Waals surface area contributed by atoms with Crippen LogP contribution >= 0.6 is 0 Å². The average molecular weight is 501 g/mol. The molecule has 0 aromatic carbocycles. The third-order valence-electron chi connectivity index (χ3n) is 6.52. The Balaban J connectivity index is 1.20. The third kappa shape index (κ3) is 4.55. The Bertz CT molecular complexity index is 1530. The standard InChI is InChI=1S/C26H25FN8O2/c27-6-12-37-20-14-21(25-22-16-30-31-26(22)32-35(25)17-20)18-4-5-23(29-15-18)33-8-10-34(11-9-33)24(36)13-19-3-1-2-7-28-19/h1-5,7,14-17H,6,8-13H2,(H,31,32). The van der Waals surface area contributed by atoms with Gasteiger partial charge >= 0.3 is 0 Å². The van der Waals surface area contributed by atoms with Gasteiger partial charge in [0.15, 0.2) is 5.65 Å². The van der Waals surface area contributed by atoms with E-state index in [9.17, 15) is 9.18 Å². The van der Waals surface area contributed by atoms with Gasteiger partial charge in [-0.05, 0) is 30.3 Å². The maximum absolute atomic E-state index is 12.7. The van der Waals surface area contributed by atoms with E-state index in [0.717, 1.165) is 33.5 Å². The Labute approximate surface area is 211 Å². The quantitative estimate of drug-likeness (QED) is 0.366. The van der Waals surface area contributed by atoms with Crippen molar-refractivity contribution in [2.75, 3.05) is 44.4 Å². The topological polar surface area (TPSA) is 105 Å². The van der Waals surface area contributed by atoms with E-state index in [0.29, 0.717) is 44.0 Å². The van der Waals surface area contributed by atoms with Crippen molar-refractivity contribution in [2.24, 2.45) is 0 Å². The number of aromatic nitrogens is 6. The molecule has 11 heteroatoms. The van der Waals surface area contributed by atoms with Crippen molar-refractivity contribution < 1.29 is 13.9 Å². The van der Waals surface area contributed by atoms with Crippen LogP contribution in [0, 0.1) is 0 Å². The first-order valence-corrected chi connectivity index (χ1v) is 12.1. The van der Waals surface area contributed by atoms with E-state index in [2.05, 4.69) is 25.2 Å². The molecular weight excluding hydrogens is 475 g/mol. The van der Waals surface area contributed by atoms with Crippen molar-refractivity contribution in [3.8, 4) is 16.9 Å². The minimum atomic E-state index is -0.574. The molecule has 0 atom stereocenters. The minimum absolute atomic E-state index is 0.0286. The van der Waals surface area contributed by atoms with Gasteiger partial charge in [0.2, 0.25) is 5.91 Å². The van der Waals surface area contributed by atoms with Crippen molar-refractivity contribution in [3.63, 3.8) is 0 Å². The van der Waals surface area contributed by atoms with E-state index in [1.54, 1.807) is 23.1 Å². The Hall–Kier alpha value is -4.54. The number of pyridine rings is 3. The molecule has 5 aromatic rings. The van der Waals surface area contributed by atoms with Crippen molar-refractivity contribution in [2.45, 2.75) is 6.42 Å². The van der Waals surface area contributed by atoms with E-state index in [4.69, 9.17) is 9.72 Å². The van der Waals surface area contributed by atoms with Crippen molar-refractivity contribution >= 4 is 28.3 Å². The summed E-state index contributed by atoms with van der Waals surface area (Å²) in [6.07, 6.45) is 7.31. The lowest BCUT2D eigenvalue weighted by molar-refractivity contribution is -0.130. The number of nitrogens with one attached hydrogen (secondary N) is 1. The summed E-state index contributed by atoms with van der Waals surface area (Å²) in [4.78, 5) is 25.7. The summed E-state index contributed by atoms with van der Waals surface area (Å²) >= 11 is 0. The van der Waals surface area contributed by atoms with Gasteiger partial charge in [0.25, 0.3) is 0 Å². The summed E-state index contributed by atoms with van der Waals surface area (Å²) in [5, 5.41) is 12.4. The molecule has 0 saturated carbocycles. The van der Waals surface area contributed by atoms with Gasteiger partial charge in [-0.1, -0.05) is 6.07 Å². The largest absolute Gasteiger partial charge is 0.489 e. The SMILES string of the molecule is O=C(Cc1ccccn1)N1CCN(c2ccc(-c3cc(OCCF)cn4nc5[nH]ncc5c34)cn2)CC1. The number of amides is 1. The molecule has 1 fully saturated rings. The van der Waals surface area contributed by atoms with Gasteiger partial charge in [-0.25, -0.2) is 13.9 Å². The number of fused-ring (bicyclic) bond motifs is 3. The number of ether oxygens (including phenoxy) is 1. The minimum Gasteiger partial charge on any atom is -0.489 e. The summed E-state index contributed by atoms with van der Waals surface area (Å²) in [7, 11) is 0. The molecule has 0 unspecified atom stereocenters. The van der Waals surface area contributed by atoms with Crippen LogP contribution in [0.4, 0.5) is 10.2 Å². The molecule has 1 aliphatic heterocycles. The van der Waals surface area contributed by atoms with Crippen LogP contribution in [0.5, 0.6) is 5.75 Å².